The molecule has 0 aliphatic rings. The maximum absolute atomic E-state index is 13.0. The molecule has 0 spiro atoms. The maximum Gasteiger partial charge on any atom is 0.339 e. The van der Waals surface area contributed by atoms with E-state index < -0.39 is 24.3 Å². The first-order chi connectivity index (χ1) is 11.3. The normalized spacial score (nSPS) is 10.4. The van der Waals surface area contributed by atoms with E-state index in [2.05, 4.69) is 21.2 Å². The van der Waals surface area contributed by atoms with Gasteiger partial charge in [-0.25, -0.2) is 9.18 Å². The number of nitrogens with one attached hydrogen (secondary N) is 1. The van der Waals surface area contributed by atoms with Crippen molar-refractivity contribution in [3.63, 3.8) is 0 Å². The van der Waals surface area contributed by atoms with Crippen LogP contribution in [0, 0.1) is 19.7 Å². The number of aryl methyl sites for hydroxylation is 2. The Balaban J connectivity index is 2.00. The Morgan fingerprint density at radius 1 is 1.25 bits per heavy atom. The van der Waals surface area contributed by atoms with Crippen LogP contribution in [-0.4, -0.2) is 18.5 Å². The average molecular weight is 415 g/mol. The van der Waals surface area contributed by atoms with Gasteiger partial charge in [-0.3, -0.25) is 4.79 Å². The van der Waals surface area contributed by atoms with Gasteiger partial charge < -0.3 is 10.1 Å². The zero-order valence-corrected chi connectivity index (χ0v) is 15.3. The minimum absolute atomic E-state index is 0.133. The highest BCUT2D eigenvalue weighted by Crippen LogP contribution is 2.27. The van der Waals surface area contributed by atoms with E-state index >= 15 is 0 Å². The molecule has 1 N–H and O–H groups in total. The van der Waals surface area contributed by atoms with Crippen molar-refractivity contribution in [1.29, 1.82) is 0 Å². The van der Waals surface area contributed by atoms with Crippen molar-refractivity contribution >= 4 is 45.1 Å². The number of carbonyl (C=O) groups is 2. The van der Waals surface area contributed by atoms with Gasteiger partial charge in [0.1, 0.15) is 5.82 Å². The summed E-state index contributed by atoms with van der Waals surface area (Å²) in [4.78, 5) is 23.9. The molecule has 0 saturated heterocycles. The predicted octanol–water partition coefficient (Wildman–Crippen LogP) is 4.65. The summed E-state index contributed by atoms with van der Waals surface area (Å²) in [6.07, 6.45) is 0. The number of benzene rings is 2. The minimum atomic E-state index is -0.733. The third kappa shape index (κ3) is 4.55. The van der Waals surface area contributed by atoms with Crippen molar-refractivity contribution in [3.05, 3.63) is 62.3 Å². The Bertz CT molecular complexity index is 787. The van der Waals surface area contributed by atoms with Crippen LogP contribution >= 0.6 is 27.5 Å². The topological polar surface area (TPSA) is 55.4 Å². The minimum Gasteiger partial charge on any atom is -0.452 e. The lowest BCUT2D eigenvalue weighted by Crippen LogP contribution is -2.21. The Morgan fingerprint density at radius 3 is 2.58 bits per heavy atom. The van der Waals surface area contributed by atoms with Gasteiger partial charge in [-0.1, -0.05) is 17.7 Å². The molecule has 1 amide bonds. The average Bonchev–Trinajstić information content (AvgIpc) is 2.48. The molecule has 0 bridgehead atoms. The molecular weight excluding hydrogens is 401 g/mol. The third-order valence-corrected chi connectivity index (χ3v) is 4.14. The van der Waals surface area contributed by atoms with E-state index in [9.17, 15) is 14.0 Å². The van der Waals surface area contributed by atoms with Crippen LogP contribution in [-0.2, 0) is 9.53 Å². The molecule has 0 saturated carbocycles. The molecule has 0 fully saturated rings. The Kier molecular flexibility index (Phi) is 5.96. The number of hydrogen-bond acceptors (Lipinski definition) is 3. The van der Waals surface area contributed by atoms with E-state index in [0.717, 1.165) is 23.3 Å². The molecule has 0 aliphatic heterocycles. The zero-order valence-electron chi connectivity index (χ0n) is 13.0. The van der Waals surface area contributed by atoms with E-state index in [1.807, 2.05) is 19.9 Å². The standard InChI is InChI=1S/C17H14BrClFNO3/c1-9-5-10(2)16(14(19)6-9)21-15(22)8-24-17(23)12-4-3-11(20)7-13(12)18/h3-7H,8H2,1-2H3,(H,21,22). The molecule has 0 unspecified atom stereocenters. The van der Waals surface area contributed by atoms with Gasteiger partial charge in [0.05, 0.1) is 16.3 Å². The Morgan fingerprint density at radius 2 is 1.96 bits per heavy atom. The van der Waals surface area contributed by atoms with Crippen LogP contribution in [0.4, 0.5) is 10.1 Å². The van der Waals surface area contributed by atoms with E-state index in [1.54, 1.807) is 6.07 Å². The summed E-state index contributed by atoms with van der Waals surface area (Å²) in [5.41, 5.74) is 2.39. The van der Waals surface area contributed by atoms with E-state index in [1.165, 1.54) is 6.07 Å². The van der Waals surface area contributed by atoms with Crippen molar-refractivity contribution in [1.82, 2.24) is 0 Å². The van der Waals surface area contributed by atoms with E-state index in [4.69, 9.17) is 16.3 Å². The fraction of sp³-hybridized carbons (Fsp3) is 0.176. The summed E-state index contributed by atoms with van der Waals surface area (Å²) in [5.74, 6) is -1.74. The molecule has 0 aromatic heterocycles. The fourth-order valence-corrected chi connectivity index (χ4v) is 2.99. The predicted molar refractivity (Wildman–Crippen MR) is 93.9 cm³/mol. The molecule has 0 heterocycles. The second-order valence-corrected chi connectivity index (χ2v) is 6.45. The number of halogens is 3. The lowest BCUT2D eigenvalue weighted by Gasteiger charge is -2.12. The monoisotopic (exact) mass is 413 g/mol. The van der Waals surface area contributed by atoms with Gasteiger partial charge >= 0.3 is 5.97 Å². The quantitative estimate of drug-likeness (QED) is 0.741. The molecule has 0 aliphatic carbocycles. The number of rotatable bonds is 4. The summed E-state index contributed by atoms with van der Waals surface area (Å²) < 4.78 is 18.2. The highest BCUT2D eigenvalue weighted by Gasteiger charge is 2.15. The number of anilines is 1. The SMILES string of the molecule is Cc1cc(C)c(NC(=O)COC(=O)c2ccc(F)cc2Br)c(Cl)c1. The summed E-state index contributed by atoms with van der Waals surface area (Å²) in [6, 6.07) is 7.17. The first kappa shape index (κ1) is 18.4. The van der Waals surface area contributed by atoms with Crippen LogP contribution < -0.4 is 5.32 Å². The van der Waals surface area contributed by atoms with E-state index in [0.29, 0.717) is 10.7 Å². The summed E-state index contributed by atoms with van der Waals surface area (Å²) in [5, 5.41) is 3.03. The Hall–Kier alpha value is -1.92. The molecule has 2 rings (SSSR count). The van der Waals surface area contributed by atoms with Gasteiger partial charge in [0.2, 0.25) is 0 Å². The van der Waals surface area contributed by atoms with Gasteiger partial charge in [-0.2, -0.15) is 0 Å². The summed E-state index contributed by atoms with van der Waals surface area (Å²) >= 11 is 9.18. The number of carbonyl (C=O) groups excluding carboxylic acids is 2. The van der Waals surface area contributed by atoms with Crippen molar-refractivity contribution < 1.29 is 18.7 Å². The van der Waals surface area contributed by atoms with Crippen LogP contribution in [0.15, 0.2) is 34.8 Å². The molecule has 2 aromatic rings. The molecular formula is C17H14BrClFNO3. The molecule has 0 radical (unpaired) electrons. The number of esters is 1. The van der Waals surface area contributed by atoms with Crippen LogP contribution in [0.1, 0.15) is 21.5 Å². The fourth-order valence-electron chi connectivity index (χ4n) is 2.11. The Labute approximate surface area is 152 Å². The van der Waals surface area contributed by atoms with E-state index in [-0.39, 0.29) is 10.0 Å². The van der Waals surface area contributed by atoms with Crippen LogP contribution in [0.5, 0.6) is 0 Å². The van der Waals surface area contributed by atoms with Crippen molar-refractivity contribution in [2.45, 2.75) is 13.8 Å². The van der Waals surface area contributed by atoms with Crippen molar-refractivity contribution in [2.75, 3.05) is 11.9 Å². The second kappa shape index (κ2) is 7.77. The molecule has 24 heavy (non-hydrogen) atoms. The molecule has 2 aromatic carbocycles. The van der Waals surface area contributed by atoms with Gasteiger partial charge in [-0.15, -0.1) is 0 Å². The number of ether oxygens (including phenoxy) is 1. The number of amides is 1. The lowest BCUT2D eigenvalue weighted by atomic mass is 10.1. The maximum atomic E-state index is 13.0. The summed E-state index contributed by atoms with van der Waals surface area (Å²) in [6.45, 7) is 3.23. The second-order valence-electron chi connectivity index (χ2n) is 5.19. The smallest absolute Gasteiger partial charge is 0.339 e. The van der Waals surface area contributed by atoms with Crippen LogP contribution in [0.25, 0.3) is 0 Å². The van der Waals surface area contributed by atoms with Crippen molar-refractivity contribution in [2.24, 2.45) is 0 Å². The molecule has 4 nitrogen and oxygen atoms in total. The first-order valence-corrected chi connectivity index (χ1v) is 8.14. The van der Waals surface area contributed by atoms with Crippen LogP contribution in [0.3, 0.4) is 0 Å². The summed E-state index contributed by atoms with van der Waals surface area (Å²) in [7, 11) is 0. The first-order valence-electron chi connectivity index (χ1n) is 6.96. The molecule has 0 atom stereocenters. The van der Waals surface area contributed by atoms with Crippen LogP contribution in [0.2, 0.25) is 5.02 Å². The highest BCUT2D eigenvalue weighted by molar-refractivity contribution is 9.10. The number of hydrogen-bond donors (Lipinski definition) is 1. The largest absolute Gasteiger partial charge is 0.452 e. The molecule has 126 valence electrons. The lowest BCUT2D eigenvalue weighted by molar-refractivity contribution is -0.119. The molecule has 7 heteroatoms. The van der Waals surface area contributed by atoms with Gasteiger partial charge in [0, 0.05) is 4.47 Å². The highest BCUT2D eigenvalue weighted by atomic mass is 79.9. The zero-order chi connectivity index (χ0) is 17.9. The van der Waals surface area contributed by atoms with Crippen molar-refractivity contribution in [3.8, 4) is 0 Å². The third-order valence-electron chi connectivity index (χ3n) is 3.18. The van der Waals surface area contributed by atoms with Gasteiger partial charge in [-0.05, 0) is 65.2 Å². The van der Waals surface area contributed by atoms with Gasteiger partial charge in [0.15, 0.2) is 6.61 Å². The van der Waals surface area contributed by atoms with Gasteiger partial charge in [0.25, 0.3) is 5.91 Å².